The number of furan rings is 1. The van der Waals surface area contributed by atoms with Gasteiger partial charge in [-0.2, -0.15) is 0 Å². The van der Waals surface area contributed by atoms with Gasteiger partial charge in [-0.1, -0.05) is 6.07 Å². The van der Waals surface area contributed by atoms with Crippen LogP contribution in [0.4, 0.5) is 5.69 Å². The molecule has 2 N–H and O–H groups in total. The quantitative estimate of drug-likeness (QED) is 0.827. The molecule has 0 aliphatic carbocycles. The van der Waals surface area contributed by atoms with Gasteiger partial charge in [0.1, 0.15) is 11.8 Å². The van der Waals surface area contributed by atoms with Gasteiger partial charge in [0.25, 0.3) is 5.91 Å². The smallest absolute Gasteiger partial charge is 0.255 e. The van der Waals surface area contributed by atoms with Gasteiger partial charge in [0, 0.05) is 29.8 Å². The Morgan fingerprint density at radius 1 is 1.20 bits per heavy atom. The third-order valence-electron chi connectivity index (χ3n) is 4.62. The summed E-state index contributed by atoms with van der Waals surface area (Å²) in [7, 11) is 0. The van der Waals surface area contributed by atoms with Gasteiger partial charge < -0.3 is 14.6 Å². The molecular formula is C18H17N3O4. The van der Waals surface area contributed by atoms with E-state index in [1.54, 1.807) is 17.2 Å². The number of nitrogens with one attached hydrogen (secondary N) is 2. The predicted octanol–water partition coefficient (Wildman–Crippen LogP) is 1.65. The molecule has 1 fully saturated rings. The average Bonchev–Trinajstić information content (AvgIpc) is 3.22. The zero-order valence-corrected chi connectivity index (χ0v) is 13.5. The van der Waals surface area contributed by atoms with E-state index in [4.69, 9.17) is 4.42 Å². The molecule has 0 bridgehead atoms. The van der Waals surface area contributed by atoms with E-state index in [0.717, 1.165) is 17.0 Å². The molecule has 4 rings (SSSR count). The maximum atomic E-state index is 12.7. The number of hydrogen-bond acceptors (Lipinski definition) is 5. The van der Waals surface area contributed by atoms with Crippen molar-refractivity contribution >= 4 is 23.4 Å². The van der Waals surface area contributed by atoms with Crippen molar-refractivity contribution in [2.45, 2.75) is 32.0 Å². The first kappa shape index (κ1) is 15.4. The number of benzene rings is 1. The number of carbonyl (C=O) groups excluding carboxylic acids is 3. The van der Waals surface area contributed by atoms with Crippen molar-refractivity contribution in [2.24, 2.45) is 0 Å². The van der Waals surface area contributed by atoms with Gasteiger partial charge in [0.15, 0.2) is 0 Å². The number of hydrogen-bond donors (Lipinski definition) is 2. The Morgan fingerprint density at radius 3 is 2.84 bits per heavy atom. The molecule has 2 aliphatic heterocycles. The van der Waals surface area contributed by atoms with E-state index >= 15 is 0 Å². The summed E-state index contributed by atoms with van der Waals surface area (Å²) >= 11 is 0. The van der Waals surface area contributed by atoms with Crippen LogP contribution in [0.5, 0.6) is 0 Å². The molecule has 128 valence electrons. The van der Waals surface area contributed by atoms with Gasteiger partial charge >= 0.3 is 0 Å². The molecule has 3 heterocycles. The van der Waals surface area contributed by atoms with E-state index in [1.165, 1.54) is 0 Å². The zero-order chi connectivity index (χ0) is 17.4. The van der Waals surface area contributed by atoms with Crippen LogP contribution in [0, 0.1) is 0 Å². The highest BCUT2D eigenvalue weighted by molar-refractivity contribution is 6.06. The fraction of sp³-hybridized carbons (Fsp3) is 0.278. The fourth-order valence-electron chi connectivity index (χ4n) is 3.35. The molecule has 2 aliphatic rings. The first-order valence-electron chi connectivity index (χ1n) is 8.16. The fourth-order valence-corrected chi connectivity index (χ4v) is 3.35. The Hall–Kier alpha value is -3.09. The van der Waals surface area contributed by atoms with Crippen molar-refractivity contribution in [3.05, 3.63) is 53.5 Å². The number of piperidine rings is 1. The summed E-state index contributed by atoms with van der Waals surface area (Å²) in [5, 5.41) is 5.59. The molecule has 3 amide bonds. The third-order valence-corrected chi connectivity index (χ3v) is 4.62. The topological polar surface area (TPSA) is 91.7 Å². The minimum Gasteiger partial charge on any atom is -0.467 e. The lowest BCUT2D eigenvalue weighted by Crippen LogP contribution is -2.52. The Morgan fingerprint density at radius 2 is 2.08 bits per heavy atom. The van der Waals surface area contributed by atoms with Crippen LogP contribution in [0.1, 0.15) is 34.5 Å². The van der Waals surface area contributed by atoms with E-state index in [-0.39, 0.29) is 18.2 Å². The van der Waals surface area contributed by atoms with Crippen molar-refractivity contribution in [2.75, 3.05) is 5.32 Å². The molecule has 0 radical (unpaired) electrons. The molecule has 0 spiro atoms. The second-order valence-corrected chi connectivity index (χ2v) is 6.16. The highest BCUT2D eigenvalue weighted by atomic mass is 16.3. The summed E-state index contributed by atoms with van der Waals surface area (Å²) in [6.07, 6.45) is 2.22. The lowest BCUT2D eigenvalue weighted by molar-refractivity contribution is -0.136. The molecule has 0 unspecified atom stereocenters. The summed E-state index contributed by atoms with van der Waals surface area (Å²) in [6.45, 7) is 0.859. The number of amides is 3. The van der Waals surface area contributed by atoms with Crippen molar-refractivity contribution in [1.29, 1.82) is 0 Å². The molecule has 1 aromatic carbocycles. The minimum absolute atomic E-state index is 0.175. The first-order valence-corrected chi connectivity index (χ1v) is 8.16. The van der Waals surface area contributed by atoms with Gasteiger partial charge in [0.2, 0.25) is 11.8 Å². The normalized spacial score (nSPS) is 19.8. The maximum absolute atomic E-state index is 12.7. The SMILES string of the molecule is O=C1CC[C@@H](N2Cc3c(NCc4ccco4)cccc3C2=O)C(=O)N1. The molecule has 7 nitrogen and oxygen atoms in total. The lowest BCUT2D eigenvalue weighted by Gasteiger charge is -2.29. The second-order valence-electron chi connectivity index (χ2n) is 6.16. The van der Waals surface area contributed by atoms with Crippen LogP contribution in [-0.4, -0.2) is 28.7 Å². The van der Waals surface area contributed by atoms with E-state index in [0.29, 0.717) is 25.1 Å². The van der Waals surface area contributed by atoms with E-state index < -0.39 is 11.9 Å². The lowest BCUT2D eigenvalue weighted by atomic mass is 10.0. The van der Waals surface area contributed by atoms with Crippen LogP contribution < -0.4 is 10.6 Å². The number of imide groups is 1. The summed E-state index contributed by atoms with van der Waals surface area (Å²) in [6, 6.07) is 8.58. The van der Waals surface area contributed by atoms with Crippen molar-refractivity contribution in [3.8, 4) is 0 Å². The minimum atomic E-state index is -0.601. The van der Waals surface area contributed by atoms with Crippen LogP contribution >= 0.6 is 0 Å². The van der Waals surface area contributed by atoms with E-state index in [2.05, 4.69) is 10.6 Å². The molecule has 1 saturated heterocycles. The maximum Gasteiger partial charge on any atom is 0.255 e. The Kier molecular flexibility index (Phi) is 3.76. The van der Waals surface area contributed by atoms with Gasteiger partial charge in [-0.25, -0.2) is 0 Å². The van der Waals surface area contributed by atoms with Crippen molar-refractivity contribution < 1.29 is 18.8 Å². The predicted molar refractivity (Wildman–Crippen MR) is 88.5 cm³/mol. The third kappa shape index (κ3) is 2.77. The standard InChI is InChI=1S/C18H17N3O4/c22-16-7-6-15(17(23)20-16)21-10-13-12(18(21)24)4-1-5-14(13)19-9-11-3-2-8-25-11/h1-5,8,15,19H,6-7,9-10H2,(H,20,22,23)/t15-/m1/s1. The van der Waals surface area contributed by atoms with Gasteiger partial charge in [0.05, 0.1) is 12.8 Å². The largest absolute Gasteiger partial charge is 0.467 e. The van der Waals surface area contributed by atoms with Crippen LogP contribution in [0.2, 0.25) is 0 Å². The molecule has 0 saturated carbocycles. The molecule has 25 heavy (non-hydrogen) atoms. The van der Waals surface area contributed by atoms with Gasteiger partial charge in [-0.05, 0) is 30.7 Å². The number of fused-ring (bicyclic) bond motifs is 1. The molecule has 1 atom stereocenters. The Balaban J connectivity index is 1.55. The van der Waals surface area contributed by atoms with Crippen LogP contribution in [-0.2, 0) is 22.7 Å². The van der Waals surface area contributed by atoms with Crippen LogP contribution in [0.15, 0.2) is 41.0 Å². The number of nitrogens with zero attached hydrogens (tertiary/aromatic N) is 1. The summed E-state index contributed by atoms with van der Waals surface area (Å²) in [5.41, 5.74) is 2.30. The number of rotatable bonds is 4. The number of carbonyl (C=O) groups is 3. The molecule has 2 aromatic rings. The van der Waals surface area contributed by atoms with Crippen LogP contribution in [0.3, 0.4) is 0 Å². The molecule has 7 heteroatoms. The first-order chi connectivity index (χ1) is 12.1. The van der Waals surface area contributed by atoms with E-state index in [9.17, 15) is 14.4 Å². The highest BCUT2D eigenvalue weighted by Gasteiger charge is 2.39. The van der Waals surface area contributed by atoms with Crippen LogP contribution in [0.25, 0.3) is 0 Å². The monoisotopic (exact) mass is 339 g/mol. The summed E-state index contributed by atoms with van der Waals surface area (Å²) < 4.78 is 5.31. The summed E-state index contributed by atoms with van der Waals surface area (Å²) in [5.74, 6) is -0.0659. The Bertz CT molecular complexity index is 844. The highest BCUT2D eigenvalue weighted by Crippen LogP contribution is 2.32. The number of anilines is 1. The van der Waals surface area contributed by atoms with Gasteiger partial charge in [-0.15, -0.1) is 0 Å². The zero-order valence-electron chi connectivity index (χ0n) is 13.5. The van der Waals surface area contributed by atoms with E-state index in [1.807, 2.05) is 24.3 Å². The second kappa shape index (κ2) is 6.08. The average molecular weight is 339 g/mol. The molecular weight excluding hydrogens is 322 g/mol. The van der Waals surface area contributed by atoms with Crippen molar-refractivity contribution in [3.63, 3.8) is 0 Å². The summed E-state index contributed by atoms with van der Waals surface area (Å²) in [4.78, 5) is 37.7. The van der Waals surface area contributed by atoms with Gasteiger partial charge in [-0.3, -0.25) is 19.7 Å². The Labute approximate surface area is 144 Å². The van der Waals surface area contributed by atoms with Crippen molar-refractivity contribution in [1.82, 2.24) is 10.2 Å². The molecule has 1 aromatic heterocycles.